The topological polar surface area (TPSA) is 115 Å². The van der Waals surface area contributed by atoms with E-state index >= 15 is 0 Å². The van der Waals surface area contributed by atoms with Gasteiger partial charge in [-0.05, 0) is 36.8 Å². The molecule has 0 aromatic heterocycles. The fraction of sp³-hybridized carbons (Fsp3) is 0.538. The van der Waals surface area contributed by atoms with Crippen LogP contribution >= 0.6 is 0 Å². The number of sulfonamides is 1. The number of benzene rings is 1. The zero-order valence-corrected chi connectivity index (χ0v) is 12.6. The number of nitrogens with two attached hydrogens (primary N) is 1. The van der Waals surface area contributed by atoms with Gasteiger partial charge in [0.25, 0.3) is 0 Å². The Morgan fingerprint density at radius 1 is 1.43 bits per heavy atom. The minimum absolute atomic E-state index is 0.0117. The van der Waals surface area contributed by atoms with E-state index in [0.717, 1.165) is 25.7 Å². The molecule has 0 spiro atoms. The van der Waals surface area contributed by atoms with Gasteiger partial charge in [-0.25, -0.2) is 13.1 Å². The molecule has 0 heterocycles. The number of hydrogen-bond acceptors (Lipinski definition) is 5. The van der Waals surface area contributed by atoms with Gasteiger partial charge in [-0.1, -0.05) is 19.4 Å². The molecule has 0 bridgehead atoms. The summed E-state index contributed by atoms with van der Waals surface area (Å²) in [5, 5.41) is 11.0. The number of para-hydroxylation sites is 1. The van der Waals surface area contributed by atoms with E-state index in [4.69, 9.17) is 5.73 Å². The fourth-order valence-corrected chi connectivity index (χ4v) is 3.97. The molecule has 0 amide bonds. The van der Waals surface area contributed by atoms with Gasteiger partial charge in [0.05, 0.1) is 4.92 Å². The highest BCUT2D eigenvalue weighted by atomic mass is 32.2. The summed E-state index contributed by atoms with van der Waals surface area (Å²) in [5.74, 6) is 0. The van der Waals surface area contributed by atoms with Crippen molar-refractivity contribution >= 4 is 21.4 Å². The first-order chi connectivity index (χ1) is 9.81. The summed E-state index contributed by atoms with van der Waals surface area (Å²) in [6, 6.07) is 3.92. The highest BCUT2D eigenvalue weighted by molar-refractivity contribution is 7.89. The first kappa shape index (κ1) is 15.7. The molecule has 0 unspecified atom stereocenters. The van der Waals surface area contributed by atoms with Gasteiger partial charge in [0.2, 0.25) is 10.0 Å². The van der Waals surface area contributed by atoms with E-state index in [1.165, 1.54) is 18.2 Å². The molecule has 8 heteroatoms. The van der Waals surface area contributed by atoms with Crippen LogP contribution in [0.15, 0.2) is 23.1 Å². The van der Waals surface area contributed by atoms with Crippen LogP contribution in [-0.4, -0.2) is 19.9 Å². The zero-order chi connectivity index (χ0) is 15.7. The number of anilines is 1. The summed E-state index contributed by atoms with van der Waals surface area (Å²) >= 11 is 0. The van der Waals surface area contributed by atoms with E-state index in [1.807, 2.05) is 6.92 Å². The number of hydrogen-bond donors (Lipinski definition) is 2. The van der Waals surface area contributed by atoms with E-state index in [-0.39, 0.29) is 16.0 Å². The number of nitrogens with one attached hydrogen (secondary N) is 1. The van der Waals surface area contributed by atoms with Crippen LogP contribution in [0.4, 0.5) is 11.4 Å². The Bertz CT molecular complexity index is 648. The Kier molecular flexibility index (Phi) is 4.20. The van der Waals surface area contributed by atoms with Crippen LogP contribution in [0.5, 0.6) is 0 Å². The quantitative estimate of drug-likeness (QED) is 0.473. The average Bonchev–Trinajstić information content (AvgIpc) is 2.37. The van der Waals surface area contributed by atoms with E-state index < -0.39 is 20.6 Å². The van der Waals surface area contributed by atoms with Crippen molar-refractivity contribution in [2.45, 2.75) is 37.5 Å². The van der Waals surface area contributed by atoms with Crippen molar-refractivity contribution in [3.8, 4) is 0 Å². The van der Waals surface area contributed by atoms with Crippen molar-refractivity contribution in [3.63, 3.8) is 0 Å². The van der Waals surface area contributed by atoms with E-state index in [0.29, 0.717) is 6.54 Å². The summed E-state index contributed by atoms with van der Waals surface area (Å²) in [4.78, 5) is 9.91. The van der Waals surface area contributed by atoms with Crippen LogP contribution in [0.3, 0.4) is 0 Å². The van der Waals surface area contributed by atoms with Crippen molar-refractivity contribution in [2.24, 2.45) is 5.41 Å². The highest BCUT2D eigenvalue weighted by Crippen LogP contribution is 2.43. The maximum absolute atomic E-state index is 12.3. The Morgan fingerprint density at radius 2 is 2.10 bits per heavy atom. The van der Waals surface area contributed by atoms with Gasteiger partial charge >= 0.3 is 5.69 Å². The highest BCUT2D eigenvalue weighted by Gasteiger charge is 2.37. The van der Waals surface area contributed by atoms with Crippen molar-refractivity contribution in [1.82, 2.24) is 4.72 Å². The molecule has 1 aliphatic rings. The maximum Gasteiger partial charge on any atom is 0.312 e. The lowest BCUT2D eigenvalue weighted by atomic mass is 9.67. The maximum atomic E-state index is 12.3. The molecule has 1 aromatic carbocycles. The molecule has 1 fully saturated rings. The minimum Gasteiger partial charge on any atom is -0.393 e. The molecule has 3 N–H and O–H groups in total. The zero-order valence-electron chi connectivity index (χ0n) is 11.8. The lowest BCUT2D eigenvalue weighted by molar-refractivity contribution is -0.386. The molecule has 116 valence electrons. The predicted octanol–water partition coefficient (Wildman–Crippen LogP) is 2.04. The van der Waals surface area contributed by atoms with Gasteiger partial charge in [-0.15, -0.1) is 0 Å². The van der Waals surface area contributed by atoms with E-state index in [9.17, 15) is 18.5 Å². The van der Waals surface area contributed by atoms with Crippen LogP contribution in [-0.2, 0) is 10.0 Å². The van der Waals surface area contributed by atoms with Crippen molar-refractivity contribution in [3.05, 3.63) is 28.3 Å². The summed E-state index contributed by atoms with van der Waals surface area (Å²) in [7, 11) is -3.95. The van der Waals surface area contributed by atoms with Gasteiger partial charge in [0.1, 0.15) is 5.69 Å². The Balaban J connectivity index is 2.28. The van der Waals surface area contributed by atoms with E-state index in [1.54, 1.807) is 0 Å². The summed E-state index contributed by atoms with van der Waals surface area (Å²) in [5.41, 5.74) is 4.80. The second kappa shape index (κ2) is 5.61. The molecule has 1 saturated carbocycles. The molecular formula is C13H19N3O4S. The van der Waals surface area contributed by atoms with Crippen LogP contribution in [0.2, 0.25) is 0 Å². The van der Waals surface area contributed by atoms with Crippen LogP contribution in [0.1, 0.15) is 32.6 Å². The molecule has 0 radical (unpaired) electrons. The van der Waals surface area contributed by atoms with Gasteiger partial charge in [-0.2, -0.15) is 0 Å². The van der Waals surface area contributed by atoms with Crippen molar-refractivity contribution in [1.29, 1.82) is 0 Å². The normalized spacial score (nSPS) is 17.2. The van der Waals surface area contributed by atoms with Crippen molar-refractivity contribution in [2.75, 3.05) is 12.3 Å². The number of nitrogens with zero attached hydrogens (tertiary/aromatic N) is 1. The van der Waals surface area contributed by atoms with Gasteiger partial charge < -0.3 is 5.73 Å². The molecule has 21 heavy (non-hydrogen) atoms. The Morgan fingerprint density at radius 3 is 2.57 bits per heavy atom. The Hall–Kier alpha value is -1.67. The van der Waals surface area contributed by atoms with Crippen molar-refractivity contribution < 1.29 is 13.3 Å². The molecule has 0 atom stereocenters. The SMILES string of the molecule is CCC1(CNS(=O)(=O)c2cccc(N)c2[N+](=O)[O-])CCC1. The molecule has 0 aliphatic heterocycles. The molecular weight excluding hydrogens is 294 g/mol. The molecule has 1 aromatic rings. The standard InChI is InChI=1S/C13H19N3O4S/c1-2-13(7-4-8-13)9-15-21(19,20)11-6-3-5-10(14)12(11)16(17)18/h3,5-6,15H,2,4,7-9,14H2,1H3. The first-order valence-electron chi connectivity index (χ1n) is 6.84. The number of nitro benzene ring substituents is 1. The first-order valence-corrected chi connectivity index (χ1v) is 8.32. The molecule has 1 aliphatic carbocycles. The monoisotopic (exact) mass is 313 g/mol. The minimum atomic E-state index is -3.95. The van der Waals surface area contributed by atoms with Gasteiger partial charge in [-0.3, -0.25) is 10.1 Å². The lowest BCUT2D eigenvalue weighted by Gasteiger charge is -2.41. The van der Waals surface area contributed by atoms with Gasteiger partial charge in [0.15, 0.2) is 4.90 Å². The second-order valence-corrected chi connectivity index (χ2v) is 7.22. The Labute approximate surface area is 123 Å². The third kappa shape index (κ3) is 3.01. The number of nitrogen functional groups attached to an aromatic ring is 1. The second-order valence-electron chi connectivity index (χ2n) is 5.48. The number of rotatable bonds is 6. The fourth-order valence-electron chi connectivity index (χ4n) is 2.61. The van der Waals surface area contributed by atoms with Gasteiger partial charge in [0, 0.05) is 6.54 Å². The lowest BCUT2D eigenvalue weighted by Crippen LogP contribution is -2.41. The largest absolute Gasteiger partial charge is 0.393 e. The third-order valence-electron chi connectivity index (χ3n) is 4.30. The number of nitro groups is 1. The molecule has 2 rings (SSSR count). The summed E-state index contributed by atoms with van der Waals surface area (Å²) in [6.07, 6.45) is 3.93. The van der Waals surface area contributed by atoms with E-state index in [2.05, 4.69) is 4.72 Å². The smallest absolute Gasteiger partial charge is 0.312 e. The van der Waals surface area contributed by atoms with Crippen LogP contribution < -0.4 is 10.5 Å². The average molecular weight is 313 g/mol. The summed E-state index contributed by atoms with van der Waals surface area (Å²) < 4.78 is 27.2. The predicted molar refractivity (Wildman–Crippen MR) is 79.3 cm³/mol. The summed E-state index contributed by atoms with van der Waals surface area (Å²) in [6.45, 7) is 2.33. The van der Waals surface area contributed by atoms with Crippen LogP contribution in [0.25, 0.3) is 0 Å². The van der Waals surface area contributed by atoms with Crippen LogP contribution in [0, 0.1) is 15.5 Å². The third-order valence-corrected chi connectivity index (χ3v) is 5.74. The molecule has 0 saturated heterocycles. The molecule has 7 nitrogen and oxygen atoms in total.